The third kappa shape index (κ3) is 5.69. The second-order valence-corrected chi connectivity index (χ2v) is 7.33. The van der Waals surface area contributed by atoms with Gasteiger partial charge in [-0.15, -0.1) is 24.0 Å². The Labute approximate surface area is 177 Å². The molecule has 3 rings (SSSR count). The summed E-state index contributed by atoms with van der Waals surface area (Å²) in [5, 5.41) is 9.06. The van der Waals surface area contributed by atoms with Gasteiger partial charge in [0.1, 0.15) is 5.76 Å². The van der Waals surface area contributed by atoms with Gasteiger partial charge in [0.05, 0.1) is 12.7 Å². The van der Waals surface area contributed by atoms with E-state index in [0.29, 0.717) is 24.9 Å². The van der Waals surface area contributed by atoms with Gasteiger partial charge in [-0.3, -0.25) is 4.99 Å². The lowest BCUT2D eigenvalue weighted by Gasteiger charge is -2.13. The second-order valence-electron chi connectivity index (χ2n) is 7.33. The molecule has 0 atom stereocenters. The summed E-state index contributed by atoms with van der Waals surface area (Å²) in [6.07, 6.45) is 1.79. The first-order valence-corrected chi connectivity index (χ1v) is 8.83. The number of guanidine groups is 1. The molecule has 0 aliphatic heterocycles. The van der Waals surface area contributed by atoms with Crippen LogP contribution in [0.15, 0.2) is 58.1 Å². The number of benzene rings is 2. The molecule has 2 N–H and O–H groups in total. The Balaban J connectivity index is 0.00000261. The molecule has 0 aliphatic rings. The summed E-state index contributed by atoms with van der Waals surface area (Å²) >= 11 is 0. The summed E-state index contributed by atoms with van der Waals surface area (Å²) < 4.78 is 5.80. The fraction of sp³-hybridized carbons (Fsp3) is 0.333. The van der Waals surface area contributed by atoms with Crippen molar-refractivity contribution in [2.45, 2.75) is 39.3 Å². The average molecular weight is 478 g/mol. The maximum absolute atomic E-state index is 5.80. The topological polar surface area (TPSA) is 62.5 Å². The number of nitrogens with zero attached hydrogens (tertiary/aromatic N) is 2. The van der Waals surface area contributed by atoms with Gasteiger partial charge in [-0.05, 0) is 22.4 Å². The molecule has 144 valence electrons. The van der Waals surface area contributed by atoms with Gasteiger partial charge in [0.15, 0.2) is 5.96 Å². The molecule has 1 aromatic heterocycles. The van der Waals surface area contributed by atoms with Crippen molar-refractivity contribution in [1.29, 1.82) is 0 Å². The smallest absolute Gasteiger partial charge is 0.213 e. The van der Waals surface area contributed by atoms with Gasteiger partial charge in [0.25, 0.3) is 0 Å². The predicted octanol–water partition coefficient (Wildman–Crippen LogP) is 4.61. The molecule has 0 unspecified atom stereocenters. The number of fused-ring (bicyclic) bond motifs is 1. The van der Waals surface area contributed by atoms with Crippen molar-refractivity contribution in [3.8, 4) is 0 Å². The summed E-state index contributed by atoms with van der Waals surface area (Å²) in [5.74, 6) is 2.26. The van der Waals surface area contributed by atoms with Gasteiger partial charge in [0, 0.05) is 19.0 Å². The molecular formula is C21H27IN4O. The first-order chi connectivity index (χ1) is 12.5. The molecule has 0 aliphatic carbocycles. The third-order valence-corrected chi connectivity index (χ3v) is 4.20. The Morgan fingerprint density at radius 1 is 1.04 bits per heavy atom. The minimum Gasteiger partial charge on any atom is -0.443 e. The van der Waals surface area contributed by atoms with E-state index >= 15 is 0 Å². The number of halogens is 1. The van der Waals surface area contributed by atoms with Gasteiger partial charge in [-0.2, -0.15) is 0 Å². The zero-order valence-corrected chi connectivity index (χ0v) is 18.6. The van der Waals surface area contributed by atoms with Crippen LogP contribution in [0, 0.1) is 0 Å². The van der Waals surface area contributed by atoms with Crippen LogP contribution in [-0.4, -0.2) is 18.0 Å². The van der Waals surface area contributed by atoms with Crippen LogP contribution >= 0.6 is 24.0 Å². The summed E-state index contributed by atoms with van der Waals surface area (Å²) in [4.78, 5) is 8.59. The molecule has 27 heavy (non-hydrogen) atoms. The fourth-order valence-corrected chi connectivity index (χ4v) is 2.65. The van der Waals surface area contributed by atoms with Crippen LogP contribution in [-0.2, 0) is 18.5 Å². The maximum atomic E-state index is 5.80. The highest BCUT2D eigenvalue weighted by Crippen LogP contribution is 2.22. The largest absolute Gasteiger partial charge is 0.443 e. The van der Waals surface area contributed by atoms with Crippen LogP contribution in [0.1, 0.15) is 38.0 Å². The van der Waals surface area contributed by atoms with Crippen LogP contribution in [0.5, 0.6) is 0 Å². The van der Waals surface area contributed by atoms with E-state index in [2.05, 4.69) is 83.8 Å². The van der Waals surface area contributed by atoms with Gasteiger partial charge in [0.2, 0.25) is 5.89 Å². The minimum atomic E-state index is -0.0404. The zero-order chi connectivity index (χ0) is 18.6. The zero-order valence-electron chi connectivity index (χ0n) is 16.2. The number of hydrogen-bond acceptors (Lipinski definition) is 3. The van der Waals surface area contributed by atoms with E-state index in [0.717, 1.165) is 5.76 Å². The fourth-order valence-electron chi connectivity index (χ4n) is 2.65. The molecule has 2 aromatic carbocycles. The van der Waals surface area contributed by atoms with Crippen molar-refractivity contribution in [2.75, 3.05) is 7.05 Å². The quantitative estimate of drug-likeness (QED) is 0.327. The number of aliphatic imine (C=N–C) groups is 1. The second kappa shape index (κ2) is 9.21. The monoisotopic (exact) mass is 478 g/mol. The Bertz CT molecular complexity index is 912. The van der Waals surface area contributed by atoms with Crippen molar-refractivity contribution in [3.05, 3.63) is 65.9 Å². The first-order valence-electron chi connectivity index (χ1n) is 8.83. The number of hydrogen-bond donors (Lipinski definition) is 2. The van der Waals surface area contributed by atoms with Crippen molar-refractivity contribution < 1.29 is 4.42 Å². The van der Waals surface area contributed by atoms with Gasteiger partial charge >= 0.3 is 0 Å². The molecular weight excluding hydrogens is 451 g/mol. The molecule has 1 heterocycles. The normalized spacial score (nSPS) is 11.9. The Morgan fingerprint density at radius 3 is 2.41 bits per heavy atom. The SMILES string of the molecule is CN=C(NCc1ccc2ccccc2c1)NCc1ncc(C(C)(C)C)o1.I. The molecule has 3 aromatic rings. The van der Waals surface area contributed by atoms with Crippen molar-refractivity contribution >= 4 is 40.7 Å². The molecule has 0 saturated carbocycles. The lowest BCUT2D eigenvalue weighted by Crippen LogP contribution is -2.36. The highest BCUT2D eigenvalue weighted by Gasteiger charge is 2.19. The van der Waals surface area contributed by atoms with Crippen LogP contribution < -0.4 is 10.6 Å². The molecule has 0 amide bonds. The number of aromatic nitrogens is 1. The molecule has 0 saturated heterocycles. The van der Waals surface area contributed by atoms with E-state index in [1.165, 1.54) is 16.3 Å². The molecule has 6 heteroatoms. The van der Waals surface area contributed by atoms with E-state index in [9.17, 15) is 0 Å². The van der Waals surface area contributed by atoms with Crippen LogP contribution in [0.2, 0.25) is 0 Å². The maximum Gasteiger partial charge on any atom is 0.213 e. The third-order valence-electron chi connectivity index (χ3n) is 4.20. The number of oxazole rings is 1. The lowest BCUT2D eigenvalue weighted by atomic mass is 9.94. The van der Waals surface area contributed by atoms with E-state index in [1.54, 1.807) is 13.2 Å². The van der Waals surface area contributed by atoms with Crippen LogP contribution in [0.4, 0.5) is 0 Å². The van der Waals surface area contributed by atoms with E-state index < -0.39 is 0 Å². The molecule has 0 spiro atoms. The van der Waals surface area contributed by atoms with Gasteiger partial charge in [-0.25, -0.2) is 4.98 Å². The van der Waals surface area contributed by atoms with Crippen molar-refractivity contribution in [1.82, 2.24) is 15.6 Å². The summed E-state index contributed by atoms with van der Waals surface area (Å²) in [6, 6.07) is 14.8. The van der Waals surface area contributed by atoms with E-state index in [-0.39, 0.29) is 29.4 Å². The van der Waals surface area contributed by atoms with Crippen LogP contribution in [0.3, 0.4) is 0 Å². The molecule has 0 fully saturated rings. The van der Waals surface area contributed by atoms with E-state index in [1.807, 2.05) is 0 Å². The molecule has 0 radical (unpaired) electrons. The minimum absolute atomic E-state index is 0. The van der Waals surface area contributed by atoms with E-state index in [4.69, 9.17) is 4.42 Å². The predicted molar refractivity (Wildman–Crippen MR) is 122 cm³/mol. The first kappa shape index (κ1) is 21.2. The summed E-state index contributed by atoms with van der Waals surface area (Å²) in [5.41, 5.74) is 1.17. The van der Waals surface area contributed by atoms with Gasteiger partial charge < -0.3 is 15.1 Å². The van der Waals surface area contributed by atoms with Crippen molar-refractivity contribution in [3.63, 3.8) is 0 Å². The number of nitrogens with one attached hydrogen (secondary N) is 2. The summed E-state index contributed by atoms with van der Waals surface area (Å²) in [6.45, 7) is 7.51. The lowest BCUT2D eigenvalue weighted by molar-refractivity contribution is 0.379. The highest BCUT2D eigenvalue weighted by molar-refractivity contribution is 14.0. The Hall–Kier alpha value is -2.09. The van der Waals surface area contributed by atoms with Crippen LogP contribution in [0.25, 0.3) is 10.8 Å². The molecule has 0 bridgehead atoms. The standard InChI is InChI=1S/C21H26N4O.HI/c1-21(2,3)18-13-23-19(26-18)14-25-20(22-4)24-12-15-9-10-16-7-5-6-8-17(16)11-15;/h5-11,13H,12,14H2,1-4H3,(H2,22,24,25);1H. The average Bonchev–Trinajstić information content (AvgIpc) is 3.11. The van der Waals surface area contributed by atoms with Crippen molar-refractivity contribution in [2.24, 2.45) is 4.99 Å². The summed E-state index contributed by atoms with van der Waals surface area (Å²) in [7, 11) is 1.76. The van der Waals surface area contributed by atoms with Gasteiger partial charge in [-0.1, -0.05) is 57.2 Å². The Kier molecular flexibility index (Phi) is 7.24. The highest BCUT2D eigenvalue weighted by atomic mass is 127. The number of rotatable bonds is 4. The Morgan fingerprint density at radius 2 is 1.74 bits per heavy atom. The molecule has 5 nitrogen and oxygen atoms in total.